The van der Waals surface area contributed by atoms with E-state index in [9.17, 15) is 0 Å². The van der Waals surface area contributed by atoms with Gasteiger partial charge >= 0.3 is 0 Å². The van der Waals surface area contributed by atoms with Crippen LogP contribution in [0.4, 0.5) is 5.69 Å². The van der Waals surface area contributed by atoms with Crippen molar-refractivity contribution in [2.75, 3.05) is 25.5 Å². The third-order valence-electron chi connectivity index (χ3n) is 3.17. The molecule has 84 valence electrons. The molecule has 1 fully saturated rings. The van der Waals surface area contributed by atoms with Crippen molar-refractivity contribution in [1.82, 2.24) is 14.7 Å². The summed E-state index contributed by atoms with van der Waals surface area (Å²) in [7, 11) is 4.14. The molecule has 0 amide bonds. The molecule has 15 heavy (non-hydrogen) atoms. The summed E-state index contributed by atoms with van der Waals surface area (Å²) in [4.78, 5) is 2.39. The van der Waals surface area contributed by atoms with E-state index in [4.69, 9.17) is 0 Å². The lowest BCUT2D eigenvalue weighted by Gasteiger charge is -2.35. The Kier molecular flexibility index (Phi) is 2.95. The van der Waals surface area contributed by atoms with E-state index in [0.29, 0.717) is 12.0 Å². The van der Waals surface area contributed by atoms with Crippen LogP contribution in [0.1, 0.15) is 13.3 Å². The van der Waals surface area contributed by atoms with Gasteiger partial charge in [-0.2, -0.15) is 5.10 Å². The summed E-state index contributed by atoms with van der Waals surface area (Å²) in [6.07, 6.45) is 5.14. The Bertz CT molecular complexity index is 320. The number of hydrogen-bond acceptors (Lipinski definition) is 3. The SMILES string of the molecule is C[C@@H]1CN(C)CC[C@@H]1Nc1cnn(C)c1. The Morgan fingerprint density at radius 3 is 2.87 bits per heavy atom. The zero-order chi connectivity index (χ0) is 10.8. The number of aromatic nitrogens is 2. The van der Waals surface area contributed by atoms with E-state index >= 15 is 0 Å². The molecular formula is C11H20N4. The van der Waals surface area contributed by atoms with Gasteiger partial charge < -0.3 is 10.2 Å². The zero-order valence-electron chi connectivity index (χ0n) is 9.77. The average molecular weight is 208 g/mol. The van der Waals surface area contributed by atoms with Crippen molar-refractivity contribution < 1.29 is 0 Å². The molecule has 0 unspecified atom stereocenters. The number of nitrogens with one attached hydrogen (secondary N) is 1. The number of anilines is 1. The fourth-order valence-electron chi connectivity index (χ4n) is 2.28. The summed E-state index contributed by atoms with van der Waals surface area (Å²) in [5.41, 5.74) is 1.14. The summed E-state index contributed by atoms with van der Waals surface area (Å²) >= 11 is 0. The Morgan fingerprint density at radius 2 is 2.27 bits per heavy atom. The Morgan fingerprint density at radius 1 is 1.47 bits per heavy atom. The molecule has 0 spiro atoms. The van der Waals surface area contributed by atoms with Gasteiger partial charge in [0.2, 0.25) is 0 Å². The minimum absolute atomic E-state index is 0.588. The third kappa shape index (κ3) is 2.50. The van der Waals surface area contributed by atoms with Gasteiger partial charge in [-0.15, -0.1) is 0 Å². The van der Waals surface area contributed by atoms with E-state index in [2.05, 4.69) is 29.3 Å². The van der Waals surface area contributed by atoms with E-state index in [0.717, 1.165) is 5.69 Å². The fourth-order valence-corrected chi connectivity index (χ4v) is 2.28. The molecule has 1 aliphatic heterocycles. The van der Waals surface area contributed by atoms with Gasteiger partial charge in [-0.3, -0.25) is 4.68 Å². The molecule has 4 nitrogen and oxygen atoms in total. The number of likely N-dealkylation sites (tertiary alicyclic amines) is 1. The van der Waals surface area contributed by atoms with Crippen molar-refractivity contribution in [3.63, 3.8) is 0 Å². The Hall–Kier alpha value is -1.03. The minimum atomic E-state index is 0.588. The first-order valence-corrected chi connectivity index (χ1v) is 5.59. The van der Waals surface area contributed by atoms with Gasteiger partial charge in [0, 0.05) is 25.8 Å². The smallest absolute Gasteiger partial charge is 0.0728 e. The highest BCUT2D eigenvalue weighted by atomic mass is 15.3. The molecule has 1 aromatic heterocycles. The molecule has 0 bridgehead atoms. The third-order valence-corrected chi connectivity index (χ3v) is 3.17. The molecule has 0 aliphatic carbocycles. The lowest BCUT2D eigenvalue weighted by molar-refractivity contribution is 0.206. The van der Waals surface area contributed by atoms with Crippen LogP contribution in [0.3, 0.4) is 0 Å². The van der Waals surface area contributed by atoms with Crippen LogP contribution in [-0.4, -0.2) is 40.9 Å². The van der Waals surface area contributed by atoms with E-state index in [1.54, 1.807) is 0 Å². The average Bonchev–Trinajstić information content (AvgIpc) is 2.56. The summed E-state index contributed by atoms with van der Waals surface area (Å²) < 4.78 is 1.84. The molecule has 0 radical (unpaired) electrons. The quantitative estimate of drug-likeness (QED) is 0.792. The Labute approximate surface area is 91.3 Å². The van der Waals surface area contributed by atoms with Crippen molar-refractivity contribution in [3.05, 3.63) is 12.4 Å². The van der Waals surface area contributed by atoms with Gasteiger partial charge in [-0.25, -0.2) is 0 Å². The van der Waals surface area contributed by atoms with Gasteiger partial charge in [-0.1, -0.05) is 6.92 Å². The van der Waals surface area contributed by atoms with Crippen LogP contribution in [0.15, 0.2) is 12.4 Å². The second kappa shape index (κ2) is 4.23. The zero-order valence-corrected chi connectivity index (χ0v) is 9.77. The first kappa shape index (κ1) is 10.5. The van der Waals surface area contributed by atoms with Crippen molar-refractivity contribution in [3.8, 4) is 0 Å². The molecule has 1 saturated heterocycles. The second-order valence-electron chi connectivity index (χ2n) is 4.68. The number of hydrogen-bond donors (Lipinski definition) is 1. The maximum absolute atomic E-state index is 4.17. The highest BCUT2D eigenvalue weighted by molar-refractivity contribution is 5.39. The van der Waals surface area contributed by atoms with Crippen LogP contribution in [0.5, 0.6) is 0 Å². The predicted molar refractivity (Wildman–Crippen MR) is 61.9 cm³/mol. The number of nitrogens with zero attached hydrogens (tertiary/aromatic N) is 3. The number of piperidine rings is 1. The monoisotopic (exact) mass is 208 g/mol. The predicted octanol–water partition coefficient (Wildman–Crippen LogP) is 1.17. The highest BCUT2D eigenvalue weighted by Crippen LogP contribution is 2.19. The van der Waals surface area contributed by atoms with Crippen molar-refractivity contribution in [1.29, 1.82) is 0 Å². The maximum Gasteiger partial charge on any atom is 0.0728 e. The van der Waals surface area contributed by atoms with Crippen molar-refractivity contribution in [2.45, 2.75) is 19.4 Å². The summed E-state index contributed by atoms with van der Waals surface area (Å²) in [6.45, 7) is 4.67. The molecule has 1 N–H and O–H groups in total. The molecule has 4 heteroatoms. The molecule has 0 aromatic carbocycles. The Balaban J connectivity index is 1.94. The molecule has 1 aliphatic rings. The topological polar surface area (TPSA) is 33.1 Å². The molecular weight excluding hydrogens is 188 g/mol. The van der Waals surface area contributed by atoms with E-state index in [1.807, 2.05) is 24.1 Å². The summed E-state index contributed by atoms with van der Waals surface area (Å²) in [5.74, 6) is 0.698. The van der Waals surface area contributed by atoms with Crippen molar-refractivity contribution >= 4 is 5.69 Å². The maximum atomic E-state index is 4.17. The summed E-state index contributed by atoms with van der Waals surface area (Å²) in [5, 5.41) is 7.73. The first-order valence-electron chi connectivity index (χ1n) is 5.59. The first-order chi connectivity index (χ1) is 7.15. The van der Waals surface area contributed by atoms with Gasteiger partial charge in [0.15, 0.2) is 0 Å². The fraction of sp³-hybridized carbons (Fsp3) is 0.727. The normalized spacial score (nSPS) is 27.9. The van der Waals surface area contributed by atoms with Gasteiger partial charge in [0.1, 0.15) is 0 Å². The van der Waals surface area contributed by atoms with Crippen LogP contribution in [0.2, 0.25) is 0 Å². The summed E-state index contributed by atoms with van der Waals surface area (Å²) in [6, 6.07) is 0.588. The number of aryl methyl sites for hydroxylation is 1. The van der Waals surface area contributed by atoms with Crippen LogP contribution < -0.4 is 5.32 Å². The number of rotatable bonds is 2. The van der Waals surface area contributed by atoms with Crippen molar-refractivity contribution in [2.24, 2.45) is 13.0 Å². The van der Waals surface area contributed by atoms with E-state index in [-0.39, 0.29) is 0 Å². The molecule has 2 atom stereocenters. The molecule has 2 heterocycles. The van der Waals surface area contributed by atoms with Crippen LogP contribution in [0, 0.1) is 5.92 Å². The molecule has 1 aromatic rings. The van der Waals surface area contributed by atoms with Gasteiger partial charge in [0.05, 0.1) is 11.9 Å². The van der Waals surface area contributed by atoms with Gasteiger partial charge in [0.25, 0.3) is 0 Å². The van der Waals surface area contributed by atoms with Crippen LogP contribution >= 0.6 is 0 Å². The highest BCUT2D eigenvalue weighted by Gasteiger charge is 2.23. The van der Waals surface area contributed by atoms with Crippen LogP contribution in [0.25, 0.3) is 0 Å². The second-order valence-corrected chi connectivity index (χ2v) is 4.68. The van der Waals surface area contributed by atoms with Crippen LogP contribution in [-0.2, 0) is 7.05 Å². The van der Waals surface area contributed by atoms with E-state index < -0.39 is 0 Å². The minimum Gasteiger partial charge on any atom is -0.379 e. The van der Waals surface area contributed by atoms with E-state index in [1.165, 1.54) is 19.5 Å². The largest absolute Gasteiger partial charge is 0.379 e. The lowest BCUT2D eigenvalue weighted by atomic mass is 9.94. The molecule has 0 saturated carbocycles. The lowest BCUT2D eigenvalue weighted by Crippen LogP contribution is -2.43. The molecule has 2 rings (SSSR count). The van der Waals surface area contributed by atoms with Gasteiger partial charge in [-0.05, 0) is 25.9 Å². The standard InChI is InChI=1S/C11H20N4/c1-9-7-14(2)5-4-11(9)13-10-6-12-15(3)8-10/h6,8-9,11,13H,4-5,7H2,1-3H3/t9-,11+/m1/s1.